The van der Waals surface area contributed by atoms with Crippen LogP contribution < -0.4 is 0 Å². The number of allylic oxidation sites excluding steroid dienone is 2. The molecular formula is C12H24O4S2. The van der Waals surface area contributed by atoms with Crippen LogP contribution in [0.1, 0.15) is 41.5 Å². The first kappa shape index (κ1) is 20.3. The average molecular weight is 296 g/mol. The summed E-state index contributed by atoms with van der Waals surface area (Å²) < 4.78 is 9.33. The van der Waals surface area contributed by atoms with Gasteiger partial charge in [0, 0.05) is 0 Å². The van der Waals surface area contributed by atoms with Crippen LogP contribution in [0.3, 0.4) is 0 Å². The van der Waals surface area contributed by atoms with E-state index < -0.39 is 0 Å². The van der Waals surface area contributed by atoms with Gasteiger partial charge in [-0.3, -0.25) is 0 Å². The van der Waals surface area contributed by atoms with E-state index >= 15 is 0 Å². The van der Waals surface area contributed by atoms with Crippen molar-refractivity contribution in [2.45, 2.75) is 53.8 Å². The summed E-state index contributed by atoms with van der Waals surface area (Å²) in [6.45, 7) is 11.5. The summed E-state index contributed by atoms with van der Waals surface area (Å²) in [6, 6.07) is 0. The summed E-state index contributed by atoms with van der Waals surface area (Å²) in [7, 11) is 0. The van der Waals surface area contributed by atoms with Gasteiger partial charge in [0.1, 0.15) is 0 Å². The lowest BCUT2D eigenvalue weighted by molar-refractivity contribution is -0.219. The molecule has 0 spiro atoms. The Morgan fingerprint density at radius 1 is 0.722 bits per heavy atom. The van der Waals surface area contributed by atoms with Crippen molar-refractivity contribution in [3.63, 3.8) is 0 Å². The average Bonchev–Trinajstić information content (AvgIpc) is 2.31. The van der Waals surface area contributed by atoms with Crippen LogP contribution in [0.5, 0.6) is 0 Å². The van der Waals surface area contributed by atoms with Crippen molar-refractivity contribution in [2.24, 2.45) is 0 Å². The van der Waals surface area contributed by atoms with Gasteiger partial charge in [-0.05, 0) is 52.4 Å². The molecule has 0 aromatic heterocycles. The molecule has 0 fully saturated rings. The monoisotopic (exact) mass is 296 g/mol. The van der Waals surface area contributed by atoms with Gasteiger partial charge in [0.25, 0.3) is 0 Å². The number of hydrogen-bond donors (Lipinski definition) is 0. The van der Waals surface area contributed by atoms with E-state index in [4.69, 9.17) is 9.78 Å². The number of hydrogen-bond acceptors (Lipinski definition) is 6. The van der Waals surface area contributed by atoms with Gasteiger partial charge in [-0.2, -0.15) is 8.67 Å². The highest BCUT2D eigenvalue weighted by Gasteiger charge is 1.91. The molecule has 0 heterocycles. The second kappa shape index (κ2) is 17.0. The second-order valence-electron chi connectivity index (χ2n) is 3.56. The summed E-state index contributed by atoms with van der Waals surface area (Å²) >= 11 is 2.36. The molecule has 0 aliphatic rings. The van der Waals surface area contributed by atoms with Crippen LogP contribution in [0.15, 0.2) is 23.0 Å². The van der Waals surface area contributed by atoms with Crippen molar-refractivity contribution in [3.05, 3.63) is 23.0 Å². The summed E-state index contributed by atoms with van der Waals surface area (Å²) in [5, 5.41) is 3.62. The summed E-state index contributed by atoms with van der Waals surface area (Å²) in [5.74, 6) is 0. The van der Waals surface area contributed by atoms with Crippen molar-refractivity contribution in [1.29, 1.82) is 0 Å². The minimum atomic E-state index is 0.128. The Hall–Kier alpha value is 0.0200. The smallest absolute Gasteiger partial charge is 0.0886 e. The normalized spacial score (nSPS) is 11.6. The SMILES string of the molecule is C/C=C/SOOC(C)C.C/C=C\SOOC(C)C. The van der Waals surface area contributed by atoms with Crippen molar-refractivity contribution >= 4 is 24.1 Å². The van der Waals surface area contributed by atoms with Crippen molar-refractivity contribution in [2.75, 3.05) is 0 Å². The molecule has 0 N–H and O–H groups in total. The third-order valence-electron chi connectivity index (χ3n) is 0.925. The fourth-order valence-electron chi connectivity index (χ4n) is 0.359. The predicted octanol–water partition coefficient (Wildman–Crippen LogP) is 5.05. The Morgan fingerprint density at radius 2 is 1.06 bits per heavy atom. The van der Waals surface area contributed by atoms with Gasteiger partial charge in [-0.1, -0.05) is 12.2 Å². The molecule has 6 heteroatoms. The minimum Gasteiger partial charge on any atom is -0.221 e. The highest BCUT2D eigenvalue weighted by atomic mass is 32.2. The lowest BCUT2D eigenvalue weighted by atomic mass is 10.5. The van der Waals surface area contributed by atoms with Crippen LogP contribution in [0.25, 0.3) is 0 Å². The molecule has 0 aromatic carbocycles. The van der Waals surface area contributed by atoms with E-state index in [1.165, 1.54) is 24.1 Å². The third-order valence-corrected chi connectivity index (χ3v) is 2.01. The first-order chi connectivity index (χ1) is 8.54. The van der Waals surface area contributed by atoms with Crippen LogP contribution in [0, 0.1) is 0 Å². The summed E-state index contributed by atoms with van der Waals surface area (Å²) in [4.78, 5) is 9.51. The van der Waals surface area contributed by atoms with Crippen LogP contribution in [0.4, 0.5) is 0 Å². The van der Waals surface area contributed by atoms with Crippen molar-refractivity contribution in [1.82, 2.24) is 0 Å². The molecule has 0 radical (unpaired) electrons. The lowest BCUT2D eigenvalue weighted by Crippen LogP contribution is -1.98. The number of rotatable bonds is 8. The van der Waals surface area contributed by atoms with Crippen LogP contribution in [-0.2, 0) is 18.4 Å². The fourth-order valence-corrected chi connectivity index (χ4v) is 1.08. The maximum Gasteiger partial charge on any atom is 0.0886 e. The quantitative estimate of drug-likeness (QED) is 0.270. The first-order valence-corrected chi connectivity index (χ1v) is 7.35. The van der Waals surface area contributed by atoms with Crippen molar-refractivity contribution < 1.29 is 18.4 Å². The molecular weight excluding hydrogens is 272 g/mol. The largest absolute Gasteiger partial charge is 0.221 e. The first-order valence-electron chi connectivity index (χ1n) is 5.74. The molecule has 108 valence electrons. The second-order valence-corrected chi connectivity index (χ2v) is 4.76. The van der Waals surface area contributed by atoms with Gasteiger partial charge in [-0.15, -0.1) is 0 Å². The molecule has 0 bridgehead atoms. The Morgan fingerprint density at radius 3 is 1.28 bits per heavy atom. The van der Waals surface area contributed by atoms with Gasteiger partial charge in [0.05, 0.1) is 36.3 Å². The molecule has 0 atom stereocenters. The molecule has 4 nitrogen and oxygen atoms in total. The molecule has 0 saturated carbocycles. The zero-order valence-electron chi connectivity index (χ0n) is 11.9. The van der Waals surface area contributed by atoms with Crippen molar-refractivity contribution in [3.8, 4) is 0 Å². The fraction of sp³-hybridized carbons (Fsp3) is 0.667. The molecule has 18 heavy (non-hydrogen) atoms. The highest BCUT2D eigenvalue weighted by molar-refractivity contribution is 7.97. The van der Waals surface area contributed by atoms with Gasteiger partial charge in [0.15, 0.2) is 0 Å². The predicted molar refractivity (Wildman–Crippen MR) is 79.4 cm³/mol. The summed E-state index contributed by atoms with van der Waals surface area (Å²) in [6.07, 6.45) is 4.02. The van der Waals surface area contributed by atoms with Gasteiger partial charge < -0.3 is 0 Å². The Balaban J connectivity index is 0. The van der Waals surface area contributed by atoms with E-state index in [9.17, 15) is 0 Å². The Labute approximate surface area is 119 Å². The molecule has 0 rings (SSSR count). The maximum absolute atomic E-state index is 4.76. The van der Waals surface area contributed by atoms with Crippen LogP contribution in [0.2, 0.25) is 0 Å². The van der Waals surface area contributed by atoms with Gasteiger partial charge >= 0.3 is 0 Å². The van der Waals surface area contributed by atoms with E-state index in [0.717, 1.165) is 0 Å². The summed E-state index contributed by atoms with van der Waals surface area (Å²) in [5.41, 5.74) is 0. The van der Waals surface area contributed by atoms with E-state index in [1.54, 1.807) is 0 Å². The molecule has 0 aromatic rings. The molecule has 0 saturated heterocycles. The zero-order valence-corrected chi connectivity index (χ0v) is 13.5. The Kier molecular flexibility index (Phi) is 19.2. The highest BCUT2D eigenvalue weighted by Crippen LogP contribution is 2.06. The topological polar surface area (TPSA) is 36.9 Å². The van der Waals surface area contributed by atoms with E-state index in [-0.39, 0.29) is 12.2 Å². The van der Waals surface area contributed by atoms with E-state index in [1.807, 2.05) is 64.5 Å². The Bertz CT molecular complexity index is 184. The van der Waals surface area contributed by atoms with E-state index in [0.29, 0.717) is 0 Å². The van der Waals surface area contributed by atoms with E-state index in [2.05, 4.69) is 8.67 Å². The minimum absolute atomic E-state index is 0.128. The van der Waals surface area contributed by atoms with Gasteiger partial charge in [0.2, 0.25) is 0 Å². The molecule has 0 amide bonds. The van der Waals surface area contributed by atoms with Crippen LogP contribution in [-0.4, -0.2) is 12.2 Å². The molecule has 0 aliphatic carbocycles. The lowest BCUT2D eigenvalue weighted by Gasteiger charge is -2.01. The molecule has 0 unspecified atom stereocenters. The maximum atomic E-state index is 4.76. The van der Waals surface area contributed by atoms with Crippen LogP contribution >= 0.6 is 24.1 Å². The zero-order chi connectivity index (χ0) is 14.2. The van der Waals surface area contributed by atoms with Gasteiger partial charge in [-0.25, -0.2) is 9.78 Å². The standard InChI is InChI=1S/2C6H12O2S/c2*1-4-5-9-8-7-6(2)3/h2*4-6H,1-3H3/b5-4+;5-4-. The molecule has 0 aliphatic heterocycles. The third kappa shape index (κ3) is 25.0.